The number of hydrogen-bond acceptors (Lipinski definition) is 3. The number of hydrogen-bond donors (Lipinski definition) is 2. The maximum atomic E-state index is 6.06. The fourth-order valence-electron chi connectivity index (χ4n) is 3.16. The zero-order chi connectivity index (χ0) is 17.8. The average Bonchev–Trinajstić information content (AvgIpc) is 2.64. The van der Waals surface area contributed by atoms with Crippen molar-refractivity contribution in [3.63, 3.8) is 0 Å². The molecule has 0 bridgehead atoms. The zero-order valence-electron chi connectivity index (χ0n) is 14.9. The van der Waals surface area contributed by atoms with E-state index in [9.17, 15) is 0 Å². The van der Waals surface area contributed by atoms with E-state index in [1.54, 1.807) is 0 Å². The summed E-state index contributed by atoms with van der Waals surface area (Å²) in [6, 6.07) is 22.7. The lowest BCUT2D eigenvalue weighted by Crippen LogP contribution is -2.21. The van der Waals surface area contributed by atoms with Gasteiger partial charge in [0, 0.05) is 30.2 Å². The number of nitrogen functional groups attached to an aromatic ring is 2. The first-order valence-corrected chi connectivity index (χ1v) is 8.73. The molecule has 3 rings (SSSR count). The molecular weight excluding hydrogens is 306 g/mol. The summed E-state index contributed by atoms with van der Waals surface area (Å²) < 4.78 is 0. The van der Waals surface area contributed by atoms with Crippen LogP contribution in [0.1, 0.15) is 13.8 Å². The third-order valence-electron chi connectivity index (χ3n) is 4.57. The second-order valence-corrected chi connectivity index (χ2v) is 6.15. The Morgan fingerprint density at radius 2 is 1.16 bits per heavy atom. The van der Waals surface area contributed by atoms with Crippen molar-refractivity contribution in [2.24, 2.45) is 0 Å². The maximum absolute atomic E-state index is 6.06. The van der Waals surface area contributed by atoms with Gasteiger partial charge in [0.15, 0.2) is 0 Å². The third kappa shape index (κ3) is 3.61. The van der Waals surface area contributed by atoms with Crippen LogP contribution in [0.25, 0.3) is 22.3 Å². The Morgan fingerprint density at radius 3 is 1.76 bits per heavy atom. The molecule has 0 radical (unpaired) electrons. The molecule has 3 nitrogen and oxygen atoms in total. The summed E-state index contributed by atoms with van der Waals surface area (Å²) in [5.41, 5.74) is 19.3. The van der Waals surface area contributed by atoms with Gasteiger partial charge in [-0.05, 0) is 72.5 Å². The average molecular weight is 331 g/mol. The standard InChI is InChI=1S/C22H25N3/c1-3-25(4-2)20-12-7-17(8-13-20)22-15-19(24)11-14-21(22)16-5-9-18(23)10-6-16/h5-15H,3-4,23-24H2,1-2H3. The number of nitrogens with two attached hydrogens (primary N) is 2. The second kappa shape index (κ2) is 7.31. The Hall–Kier alpha value is -2.94. The van der Waals surface area contributed by atoms with E-state index in [0.29, 0.717) is 0 Å². The van der Waals surface area contributed by atoms with Crippen LogP contribution in [0.4, 0.5) is 17.1 Å². The topological polar surface area (TPSA) is 55.3 Å². The van der Waals surface area contributed by atoms with Crippen molar-refractivity contribution in [1.82, 2.24) is 0 Å². The minimum absolute atomic E-state index is 0.766. The molecule has 0 fully saturated rings. The van der Waals surface area contributed by atoms with E-state index >= 15 is 0 Å². The first-order chi connectivity index (χ1) is 12.1. The molecule has 4 N–H and O–H groups in total. The SMILES string of the molecule is CCN(CC)c1ccc(-c2cc(N)ccc2-c2ccc(N)cc2)cc1. The monoisotopic (exact) mass is 331 g/mol. The van der Waals surface area contributed by atoms with Gasteiger partial charge in [-0.2, -0.15) is 0 Å². The summed E-state index contributed by atoms with van der Waals surface area (Å²) in [7, 11) is 0. The molecule has 0 aromatic heterocycles. The second-order valence-electron chi connectivity index (χ2n) is 6.15. The van der Waals surface area contributed by atoms with Crippen LogP contribution in [0.15, 0.2) is 66.7 Å². The van der Waals surface area contributed by atoms with Crippen molar-refractivity contribution in [1.29, 1.82) is 0 Å². The number of rotatable bonds is 5. The smallest absolute Gasteiger partial charge is 0.0366 e. The molecule has 0 aliphatic heterocycles. The van der Waals surface area contributed by atoms with E-state index in [-0.39, 0.29) is 0 Å². The summed E-state index contributed by atoms with van der Waals surface area (Å²) in [4.78, 5) is 2.34. The molecule has 3 aromatic carbocycles. The van der Waals surface area contributed by atoms with Gasteiger partial charge in [0.1, 0.15) is 0 Å². The quantitative estimate of drug-likeness (QED) is 0.645. The summed E-state index contributed by atoms with van der Waals surface area (Å²) >= 11 is 0. The zero-order valence-corrected chi connectivity index (χ0v) is 14.9. The van der Waals surface area contributed by atoms with E-state index in [4.69, 9.17) is 11.5 Å². The first kappa shape index (κ1) is 16.9. The molecule has 3 aromatic rings. The minimum atomic E-state index is 0.766. The Balaban J connectivity index is 2.04. The van der Waals surface area contributed by atoms with Crippen LogP contribution >= 0.6 is 0 Å². The highest BCUT2D eigenvalue weighted by Crippen LogP contribution is 2.34. The molecule has 128 valence electrons. The van der Waals surface area contributed by atoms with Crippen molar-refractivity contribution < 1.29 is 0 Å². The lowest BCUT2D eigenvalue weighted by atomic mass is 9.94. The summed E-state index contributed by atoms with van der Waals surface area (Å²) in [6.45, 7) is 6.36. The van der Waals surface area contributed by atoms with Crippen molar-refractivity contribution in [2.45, 2.75) is 13.8 Å². The predicted molar refractivity (Wildman–Crippen MR) is 110 cm³/mol. The Morgan fingerprint density at radius 1 is 0.640 bits per heavy atom. The highest BCUT2D eigenvalue weighted by atomic mass is 15.1. The highest BCUT2D eigenvalue weighted by molar-refractivity contribution is 5.86. The van der Waals surface area contributed by atoms with Crippen LogP contribution in [-0.2, 0) is 0 Å². The predicted octanol–water partition coefficient (Wildman–Crippen LogP) is 5.03. The van der Waals surface area contributed by atoms with Crippen molar-refractivity contribution >= 4 is 17.1 Å². The largest absolute Gasteiger partial charge is 0.399 e. The van der Waals surface area contributed by atoms with E-state index < -0.39 is 0 Å². The van der Waals surface area contributed by atoms with Crippen LogP contribution in [0.3, 0.4) is 0 Å². The van der Waals surface area contributed by atoms with Crippen LogP contribution in [-0.4, -0.2) is 13.1 Å². The molecule has 0 saturated heterocycles. The lowest BCUT2D eigenvalue weighted by molar-refractivity contribution is 0.866. The molecule has 0 aliphatic carbocycles. The molecular formula is C22H25N3. The molecule has 0 amide bonds. The van der Waals surface area contributed by atoms with E-state index in [1.165, 1.54) is 5.69 Å². The van der Waals surface area contributed by atoms with Gasteiger partial charge in [0.05, 0.1) is 0 Å². The normalized spacial score (nSPS) is 10.6. The molecule has 0 heterocycles. The van der Waals surface area contributed by atoms with E-state index in [0.717, 1.165) is 46.7 Å². The van der Waals surface area contributed by atoms with Gasteiger partial charge in [-0.3, -0.25) is 0 Å². The minimum Gasteiger partial charge on any atom is -0.399 e. The summed E-state index contributed by atoms with van der Waals surface area (Å²) in [5.74, 6) is 0. The van der Waals surface area contributed by atoms with Crippen molar-refractivity contribution in [2.75, 3.05) is 29.5 Å². The Bertz CT molecular complexity index is 832. The maximum Gasteiger partial charge on any atom is 0.0366 e. The number of nitrogens with zero attached hydrogens (tertiary/aromatic N) is 1. The molecule has 0 unspecified atom stereocenters. The van der Waals surface area contributed by atoms with Gasteiger partial charge in [0.2, 0.25) is 0 Å². The van der Waals surface area contributed by atoms with E-state index in [2.05, 4.69) is 61.2 Å². The molecule has 0 atom stereocenters. The fraction of sp³-hybridized carbons (Fsp3) is 0.182. The third-order valence-corrected chi connectivity index (χ3v) is 4.57. The van der Waals surface area contributed by atoms with E-state index in [1.807, 2.05) is 24.3 Å². The Labute approximate surface area is 149 Å². The van der Waals surface area contributed by atoms with Crippen LogP contribution in [0.5, 0.6) is 0 Å². The molecule has 25 heavy (non-hydrogen) atoms. The lowest BCUT2D eigenvalue weighted by Gasteiger charge is -2.21. The first-order valence-electron chi connectivity index (χ1n) is 8.73. The van der Waals surface area contributed by atoms with Gasteiger partial charge in [-0.1, -0.05) is 30.3 Å². The fourth-order valence-corrected chi connectivity index (χ4v) is 3.16. The van der Waals surface area contributed by atoms with Gasteiger partial charge >= 0.3 is 0 Å². The number of anilines is 3. The molecule has 0 spiro atoms. The van der Waals surface area contributed by atoms with Crippen LogP contribution in [0, 0.1) is 0 Å². The van der Waals surface area contributed by atoms with Crippen LogP contribution < -0.4 is 16.4 Å². The summed E-state index contributed by atoms with van der Waals surface area (Å²) in [5, 5.41) is 0. The summed E-state index contributed by atoms with van der Waals surface area (Å²) in [6.07, 6.45) is 0. The van der Waals surface area contributed by atoms with Gasteiger partial charge in [-0.25, -0.2) is 0 Å². The van der Waals surface area contributed by atoms with Gasteiger partial charge in [0.25, 0.3) is 0 Å². The Kier molecular flexibility index (Phi) is 4.94. The number of benzene rings is 3. The molecule has 0 aliphatic rings. The van der Waals surface area contributed by atoms with Crippen molar-refractivity contribution in [3.8, 4) is 22.3 Å². The highest BCUT2D eigenvalue weighted by Gasteiger charge is 2.09. The molecule has 3 heteroatoms. The van der Waals surface area contributed by atoms with Crippen molar-refractivity contribution in [3.05, 3.63) is 66.7 Å². The van der Waals surface area contributed by atoms with Crippen LogP contribution in [0.2, 0.25) is 0 Å². The van der Waals surface area contributed by atoms with Gasteiger partial charge in [-0.15, -0.1) is 0 Å². The molecule has 0 saturated carbocycles. The van der Waals surface area contributed by atoms with Gasteiger partial charge < -0.3 is 16.4 Å².